The second-order valence-electron chi connectivity index (χ2n) is 4.88. The van der Waals surface area contributed by atoms with E-state index < -0.39 is 30.7 Å². The zero-order chi connectivity index (χ0) is 15.7. The van der Waals surface area contributed by atoms with Crippen LogP contribution in [0.4, 0.5) is 0 Å². The lowest BCUT2D eigenvalue weighted by Gasteiger charge is -2.38. The Balaban J connectivity index is 2.04. The van der Waals surface area contributed by atoms with Crippen molar-refractivity contribution in [3.63, 3.8) is 0 Å². The molecule has 0 saturated carbocycles. The summed E-state index contributed by atoms with van der Waals surface area (Å²) < 4.78 is 21.2. The van der Waals surface area contributed by atoms with Gasteiger partial charge in [0.15, 0.2) is 6.29 Å². The van der Waals surface area contributed by atoms with E-state index in [0.29, 0.717) is 26.4 Å². The summed E-state index contributed by atoms with van der Waals surface area (Å²) in [5, 5.41) is 31.8. The molecule has 1 rings (SSSR count). The standard InChI is InChI=1S/C13H27NO7/c1-9-10(15)11(16)12(17)13(21-9)20-8-7-19-6-5-18-4-3-14-2/h9-17H,3-8H2,1-2H3. The van der Waals surface area contributed by atoms with Gasteiger partial charge in [0.05, 0.1) is 39.1 Å². The number of hydrogen-bond acceptors (Lipinski definition) is 8. The van der Waals surface area contributed by atoms with Crippen molar-refractivity contribution in [2.24, 2.45) is 0 Å². The van der Waals surface area contributed by atoms with Gasteiger partial charge in [0.2, 0.25) is 0 Å². The quantitative estimate of drug-likeness (QED) is 0.346. The van der Waals surface area contributed by atoms with Crippen molar-refractivity contribution in [3.05, 3.63) is 0 Å². The topological polar surface area (TPSA) is 110 Å². The van der Waals surface area contributed by atoms with E-state index in [4.69, 9.17) is 18.9 Å². The Hall–Kier alpha value is -0.320. The summed E-state index contributed by atoms with van der Waals surface area (Å²) in [4.78, 5) is 0. The molecule has 0 aromatic carbocycles. The molecule has 0 aromatic rings. The molecule has 8 nitrogen and oxygen atoms in total. The van der Waals surface area contributed by atoms with E-state index in [-0.39, 0.29) is 6.61 Å². The van der Waals surface area contributed by atoms with Crippen LogP contribution in [-0.2, 0) is 18.9 Å². The smallest absolute Gasteiger partial charge is 0.186 e. The first-order valence-electron chi connectivity index (χ1n) is 7.19. The van der Waals surface area contributed by atoms with Crippen molar-refractivity contribution in [3.8, 4) is 0 Å². The van der Waals surface area contributed by atoms with Gasteiger partial charge in [-0.1, -0.05) is 0 Å². The number of hydrogen-bond donors (Lipinski definition) is 4. The third-order valence-corrected chi connectivity index (χ3v) is 3.19. The van der Waals surface area contributed by atoms with Gasteiger partial charge in [-0.15, -0.1) is 0 Å². The second kappa shape index (κ2) is 10.4. The maximum atomic E-state index is 9.72. The minimum absolute atomic E-state index is 0.216. The molecule has 0 spiro atoms. The first kappa shape index (κ1) is 18.7. The van der Waals surface area contributed by atoms with Gasteiger partial charge < -0.3 is 39.6 Å². The van der Waals surface area contributed by atoms with Crippen LogP contribution >= 0.6 is 0 Å². The Morgan fingerprint density at radius 2 is 1.52 bits per heavy atom. The Morgan fingerprint density at radius 3 is 2.19 bits per heavy atom. The van der Waals surface area contributed by atoms with Crippen LogP contribution in [-0.4, -0.2) is 92.7 Å². The Bertz CT molecular complexity index is 269. The van der Waals surface area contributed by atoms with Gasteiger partial charge in [-0.05, 0) is 14.0 Å². The highest BCUT2D eigenvalue weighted by molar-refractivity contribution is 4.87. The summed E-state index contributed by atoms with van der Waals surface area (Å²) >= 11 is 0. The van der Waals surface area contributed by atoms with Crippen molar-refractivity contribution in [2.75, 3.05) is 46.6 Å². The first-order valence-corrected chi connectivity index (χ1v) is 7.19. The van der Waals surface area contributed by atoms with Crippen molar-refractivity contribution < 1.29 is 34.3 Å². The molecule has 5 unspecified atom stereocenters. The summed E-state index contributed by atoms with van der Waals surface area (Å²) in [5.41, 5.74) is 0. The Kier molecular flexibility index (Phi) is 9.29. The van der Waals surface area contributed by atoms with Crippen LogP contribution in [0.2, 0.25) is 0 Å². The van der Waals surface area contributed by atoms with Gasteiger partial charge in [-0.2, -0.15) is 0 Å². The summed E-state index contributed by atoms with van der Waals surface area (Å²) in [6.45, 7) is 4.55. The maximum absolute atomic E-state index is 9.72. The molecule has 1 saturated heterocycles. The van der Waals surface area contributed by atoms with Crippen LogP contribution in [0.15, 0.2) is 0 Å². The van der Waals surface area contributed by atoms with Gasteiger partial charge in [-0.25, -0.2) is 0 Å². The molecule has 0 bridgehead atoms. The zero-order valence-electron chi connectivity index (χ0n) is 12.6. The van der Waals surface area contributed by atoms with Gasteiger partial charge in [0.25, 0.3) is 0 Å². The summed E-state index contributed by atoms with van der Waals surface area (Å²) in [6.07, 6.45) is -5.24. The average molecular weight is 309 g/mol. The predicted molar refractivity (Wildman–Crippen MR) is 73.9 cm³/mol. The second-order valence-corrected chi connectivity index (χ2v) is 4.88. The van der Waals surface area contributed by atoms with E-state index in [1.165, 1.54) is 0 Å². The average Bonchev–Trinajstić information content (AvgIpc) is 2.48. The third-order valence-electron chi connectivity index (χ3n) is 3.19. The Labute approximate surface area is 124 Å². The van der Waals surface area contributed by atoms with Crippen LogP contribution in [0.1, 0.15) is 6.92 Å². The molecule has 1 aliphatic heterocycles. The number of likely N-dealkylation sites (N-methyl/N-ethyl adjacent to an activating group) is 1. The summed E-state index contributed by atoms with van der Waals surface area (Å²) in [7, 11) is 1.86. The molecular weight excluding hydrogens is 282 g/mol. The number of rotatable bonds is 10. The first-order chi connectivity index (χ1) is 10.1. The highest BCUT2D eigenvalue weighted by atomic mass is 16.7. The molecular formula is C13H27NO7. The van der Waals surface area contributed by atoms with Crippen LogP contribution in [0.5, 0.6) is 0 Å². The highest BCUT2D eigenvalue weighted by Gasteiger charge is 2.42. The normalized spacial score (nSPS) is 33.3. The largest absolute Gasteiger partial charge is 0.388 e. The zero-order valence-corrected chi connectivity index (χ0v) is 12.6. The third kappa shape index (κ3) is 6.54. The van der Waals surface area contributed by atoms with Gasteiger partial charge >= 0.3 is 0 Å². The van der Waals surface area contributed by atoms with Crippen LogP contribution in [0.25, 0.3) is 0 Å². The van der Waals surface area contributed by atoms with E-state index in [2.05, 4.69) is 5.32 Å². The van der Waals surface area contributed by atoms with Gasteiger partial charge in [-0.3, -0.25) is 0 Å². The SMILES string of the molecule is CNCCOCCOCCOC1OC(C)C(O)C(O)C1O. The van der Waals surface area contributed by atoms with Crippen molar-refractivity contribution in [2.45, 2.75) is 37.6 Å². The molecule has 21 heavy (non-hydrogen) atoms. The molecule has 1 aliphatic rings. The molecule has 5 atom stereocenters. The van der Waals surface area contributed by atoms with Gasteiger partial charge in [0.1, 0.15) is 18.3 Å². The molecule has 1 heterocycles. The lowest BCUT2D eigenvalue weighted by Crippen LogP contribution is -2.57. The maximum Gasteiger partial charge on any atom is 0.186 e. The van der Waals surface area contributed by atoms with E-state index in [0.717, 1.165) is 6.54 Å². The lowest BCUT2D eigenvalue weighted by atomic mass is 10.0. The minimum atomic E-state index is -1.28. The fourth-order valence-corrected chi connectivity index (χ4v) is 1.87. The summed E-state index contributed by atoms with van der Waals surface area (Å²) in [6, 6.07) is 0. The van der Waals surface area contributed by atoms with Crippen molar-refractivity contribution >= 4 is 0 Å². The summed E-state index contributed by atoms with van der Waals surface area (Å²) in [5.74, 6) is 0. The monoisotopic (exact) mass is 309 g/mol. The minimum Gasteiger partial charge on any atom is -0.388 e. The van der Waals surface area contributed by atoms with Crippen LogP contribution in [0.3, 0.4) is 0 Å². The van der Waals surface area contributed by atoms with E-state index in [1.54, 1.807) is 6.92 Å². The van der Waals surface area contributed by atoms with Crippen LogP contribution < -0.4 is 5.32 Å². The molecule has 0 aromatic heterocycles. The van der Waals surface area contributed by atoms with Crippen LogP contribution in [0, 0.1) is 0 Å². The van der Waals surface area contributed by atoms with Crippen molar-refractivity contribution in [1.29, 1.82) is 0 Å². The van der Waals surface area contributed by atoms with Gasteiger partial charge in [0, 0.05) is 6.54 Å². The van der Waals surface area contributed by atoms with Crippen molar-refractivity contribution in [1.82, 2.24) is 5.32 Å². The number of ether oxygens (including phenoxy) is 4. The lowest BCUT2D eigenvalue weighted by molar-refractivity contribution is -0.294. The number of aliphatic hydroxyl groups excluding tert-OH is 3. The molecule has 1 fully saturated rings. The number of nitrogens with one attached hydrogen (secondary N) is 1. The molecule has 8 heteroatoms. The highest BCUT2D eigenvalue weighted by Crippen LogP contribution is 2.21. The Morgan fingerprint density at radius 1 is 0.905 bits per heavy atom. The molecule has 0 amide bonds. The van der Waals surface area contributed by atoms with E-state index in [9.17, 15) is 15.3 Å². The molecule has 4 N–H and O–H groups in total. The molecule has 0 aliphatic carbocycles. The fourth-order valence-electron chi connectivity index (χ4n) is 1.87. The fraction of sp³-hybridized carbons (Fsp3) is 1.00. The number of aliphatic hydroxyl groups is 3. The molecule has 126 valence electrons. The molecule has 0 radical (unpaired) electrons. The van der Waals surface area contributed by atoms with E-state index >= 15 is 0 Å². The predicted octanol–water partition coefficient (Wildman–Crippen LogP) is -1.92. The van der Waals surface area contributed by atoms with E-state index in [1.807, 2.05) is 7.05 Å².